The maximum absolute atomic E-state index is 14.0. The summed E-state index contributed by atoms with van der Waals surface area (Å²) in [5.41, 5.74) is -0.208. The van der Waals surface area contributed by atoms with Gasteiger partial charge in [0.15, 0.2) is 0 Å². The number of nitrogens with one attached hydrogen (secondary N) is 1. The summed E-state index contributed by atoms with van der Waals surface area (Å²) in [4.78, 5) is 12.6. The number of methoxy groups -OCH3 is 1. The van der Waals surface area contributed by atoms with Crippen LogP contribution in [-0.2, 0) is 10.0 Å². The Morgan fingerprint density at radius 1 is 1.18 bits per heavy atom. The van der Waals surface area contributed by atoms with Crippen LogP contribution in [0.3, 0.4) is 0 Å². The SMILES string of the molecule is COc1ccc(S(=O)(=O)N2CCCCC2)cc1NC(=O)c1c(F)cccc1Cl. The average Bonchev–Trinajstić information content (AvgIpc) is 2.68. The molecule has 0 atom stereocenters. The van der Waals surface area contributed by atoms with Gasteiger partial charge in [0.05, 0.1) is 28.3 Å². The number of carbonyl (C=O) groups is 1. The zero-order valence-electron chi connectivity index (χ0n) is 15.2. The molecule has 1 aliphatic rings. The number of sulfonamides is 1. The van der Waals surface area contributed by atoms with E-state index in [4.69, 9.17) is 16.3 Å². The van der Waals surface area contributed by atoms with Gasteiger partial charge in [0.25, 0.3) is 5.91 Å². The summed E-state index contributed by atoms with van der Waals surface area (Å²) < 4.78 is 46.4. The Kier molecular flexibility index (Phi) is 6.22. The topological polar surface area (TPSA) is 75.7 Å². The highest BCUT2D eigenvalue weighted by molar-refractivity contribution is 7.89. The summed E-state index contributed by atoms with van der Waals surface area (Å²) in [6.07, 6.45) is 2.62. The molecule has 0 bridgehead atoms. The molecule has 9 heteroatoms. The van der Waals surface area contributed by atoms with Gasteiger partial charge in [0, 0.05) is 13.1 Å². The maximum atomic E-state index is 14.0. The minimum atomic E-state index is -3.70. The third-order valence-electron chi connectivity index (χ3n) is 4.56. The summed E-state index contributed by atoms with van der Waals surface area (Å²) >= 11 is 5.94. The standard InChI is InChI=1S/C19H20ClFN2O4S/c1-27-17-9-8-13(28(25,26)23-10-3-2-4-11-23)12-16(17)22-19(24)18-14(20)6-5-7-15(18)21/h5-9,12H,2-4,10-11H2,1H3,(H,22,24). The second kappa shape index (κ2) is 8.46. The maximum Gasteiger partial charge on any atom is 0.260 e. The second-order valence-corrected chi connectivity index (χ2v) is 8.72. The van der Waals surface area contributed by atoms with Crippen molar-refractivity contribution in [1.29, 1.82) is 0 Å². The Balaban J connectivity index is 1.94. The molecule has 0 spiro atoms. The van der Waals surface area contributed by atoms with E-state index in [1.165, 1.54) is 41.7 Å². The third-order valence-corrected chi connectivity index (χ3v) is 6.77. The van der Waals surface area contributed by atoms with Gasteiger partial charge in [-0.3, -0.25) is 4.79 Å². The van der Waals surface area contributed by atoms with Crippen molar-refractivity contribution in [2.45, 2.75) is 24.2 Å². The van der Waals surface area contributed by atoms with Crippen molar-refractivity contribution in [1.82, 2.24) is 4.31 Å². The van der Waals surface area contributed by atoms with Crippen molar-refractivity contribution in [3.8, 4) is 5.75 Å². The molecule has 2 aromatic rings. The first-order valence-electron chi connectivity index (χ1n) is 8.78. The number of anilines is 1. The fourth-order valence-corrected chi connectivity index (χ4v) is 4.89. The minimum Gasteiger partial charge on any atom is -0.495 e. The van der Waals surface area contributed by atoms with E-state index in [1.54, 1.807) is 0 Å². The van der Waals surface area contributed by atoms with Crippen molar-refractivity contribution in [3.63, 3.8) is 0 Å². The first-order chi connectivity index (χ1) is 13.3. The van der Waals surface area contributed by atoms with Crippen molar-refractivity contribution in [2.24, 2.45) is 0 Å². The van der Waals surface area contributed by atoms with Crippen LogP contribution in [0, 0.1) is 5.82 Å². The molecule has 0 saturated carbocycles. The van der Waals surface area contributed by atoms with E-state index < -0.39 is 21.7 Å². The summed E-state index contributed by atoms with van der Waals surface area (Å²) in [5.74, 6) is -1.33. The summed E-state index contributed by atoms with van der Waals surface area (Å²) in [6.45, 7) is 0.918. The predicted octanol–water partition coefficient (Wildman–Crippen LogP) is 3.91. The molecule has 2 aromatic carbocycles. The summed E-state index contributed by atoms with van der Waals surface area (Å²) in [6, 6.07) is 8.10. The number of rotatable bonds is 5. The first-order valence-corrected chi connectivity index (χ1v) is 10.6. The Bertz CT molecular complexity index is 971. The molecular weight excluding hydrogens is 407 g/mol. The van der Waals surface area contributed by atoms with Gasteiger partial charge >= 0.3 is 0 Å². The van der Waals surface area contributed by atoms with Crippen LogP contribution in [0.25, 0.3) is 0 Å². The van der Waals surface area contributed by atoms with Crippen LogP contribution in [0.4, 0.5) is 10.1 Å². The van der Waals surface area contributed by atoms with Gasteiger partial charge in [0.2, 0.25) is 10.0 Å². The Morgan fingerprint density at radius 3 is 2.54 bits per heavy atom. The number of halogens is 2. The third kappa shape index (κ3) is 4.14. The molecule has 1 saturated heterocycles. The number of hydrogen-bond acceptors (Lipinski definition) is 4. The number of carbonyl (C=O) groups excluding carboxylic acids is 1. The van der Waals surface area contributed by atoms with Gasteiger partial charge < -0.3 is 10.1 Å². The molecule has 1 fully saturated rings. The molecule has 1 N–H and O–H groups in total. The highest BCUT2D eigenvalue weighted by Gasteiger charge is 2.27. The van der Waals surface area contributed by atoms with E-state index in [0.717, 1.165) is 25.3 Å². The highest BCUT2D eigenvalue weighted by atomic mass is 35.5. The van der Waals surface area contributed by atoms with E-state index >= 15 is 0 Å². The summed E-state index contributed by atoms with van der Waals surface area (Å²) in [5, 5.41) is 2.46. The molecule has 0 radical (unpaired) electrons. The van der Waals surface area contributed by atoms with Crippen LogP contribution in [-0.4, -0.2) is 38.8 Å². The number of benzene rings is 2. The van der Waals surface area contributed by atoms with E-state index in [-0.39, 0.29) is 26.9 Å². The van der Waals surface area contributed by atoms with E-state index in [2.05, 4.69) is 5.32 Å². The highest BCUT2D eigenvalue weighted by Crippen LogP contribution is 2.31. The number of hydrogen-bond donors (Lipinski definition) is 1. The minimum absolute atomic E-state index is 0.0325. The smallest absolute Gasteiger partial charge is 0.260 e. The molecule has 1 heterocycles. The van der Waals surface area contributed by atoms with Gasteiger partial charge in [0.1, 0.15) is 11.6 Å². The van der Waals surface area contributed by atoms with Crippen LogP contribution in [0.15, 0.2) is 41.3 Å². The largest absolute Gasteiger partial charge is 0.495 e. The van der Waals surface area contributed by atoms with Crippen LogP contribution in [0.2, 0.25) is 5.02 Å². The van der Waals surface area contributed by atoms with Crippen LogP contribution < -0.4 is 10.1 Å². The van der Waals surface area contributed by atoms with Gasteiger partial charge in [-0.2, -0.15) is 4.31 Å². The number of amides is 1. The lowest BCUT2D eigenvalue weighted by Gasteiger charge is -2.26. The van der Waals surface area contributed by atoms with Gasteiger partial charge in [-0.1, -0.05) is 24.1 Å². The Hall–Kier alpha value is -2.16. The number of piperidine rings is 1. The van der Waals surface area contributed by atoms with Crippen LogP contribution in [0.1, 0.15) is 29.6 Å². The van der Waals surface area contributed by atoms with E-state index in [0.29, 0.717) is 13.1 Å². The lowest BCUT2D eigenvalue weighted by Crippen LogP contribution is -2.35. The fourth-order valence-electron chi connectivity index (χ4n) is 3.10. The first kappa shape index (κ1) is 20.6. The van der Waals surface area contributed by atoms with Gasteiger partial charge in [-0.05, 0) is 43.2 Å². The normalized spacial score (nSPS) is 15.2. The molecule has 150 valence electrons. The average molecular weight is 427 g/mol. The molecule has 1 aliphatic heterocycles. The zero-order valence-corrected chi connectivity index (χ0v) is 16.8. The molecule has 6 nitrogen and oxygen atoms in total. The quantitative estimate of drug-likeness (QED) is 0.786. The molecule has 3 rings (SSSR count). The molecule has 0 aliphatic carbocycles. The van der Waals surface area contributed by atoms with Gasteiger partial charge in [-0.15, -0.1) is 0 Å². The predicted molar refractivity (Wildman–Crippen MR) is 105 cm³/mol. The number of nitrogens with zero attached hydrogens (tertiary/aromatic N) is 1. The van der Waals surface area contributed by atoms with Crippen LogP contribution >= 0.6 is 11.6 Å². The fraction of sp³-hybridized carbons (Fsp3) is 0.316. The molecular formula is C19H20ClFN2O4S. The molecule has 28 heavy (non-hydrogen) atoms. The van der Waals surface area contributed by atoms with Crippen molar-refractivity contribution in [3.05, 3.63) is 52.8 Å². The van der Waals surface area contributed by atoms with Crippen molar-refractivity contribution in [2.75, 3.05) is 25.5 Å². The van der Waals surface area contributed by atoms with Crippen molar-refractivity contribution >= 4 is 33.2 Å². The molecule has 1 amide bonds. The zero-order chi connectivity index (χ0) is 20.3. The molecule has 0 unspecified atom stereocenters. The molecule has 0 aromatic heterocycles. The summed E-state index contributed by atoms with van der Waals surface area (Å²) in [7, 11) is -2.31. The number of ether oxygens (including phenoxy) is 1. The lowest BCUT2D eigenvalue weighted by atomic mass is 10.2. The Labute approximate surface area is 168 Å². The van der Waals surface area contributed by atoms with Gasteiger partial charge in [-0.25, -0.2) is 12.8 Å². The van der Waals surface area contributed by atoms with Crippen LogP contribution in [0.5, 0.6) is 5.75 Å². The monoisotopic (exact) mass is 426 g/mol. The second-order valence-electron chi connectivity index (χ2n) is 6.38. The Morgan fingerprint density at radius 2 is 1.89 bits per heavy atom. The van der Waals surface area contributed by atoms with Crippen molar-refractivity contribution < 1.29 is 22.3 Å². The van der Waals surface area contributed by atoms with E-state index in [9.17, 15) is 17.6 Å². The lowest BCUT2D eigenvalue weighted by molar-refractivity contribution is 0.102. The van der Waals surface area contributed by atoms with E-state index in [1.807, 2.05) is 0 Å².